The normalized spacial score (nSPS) is 16.7. The molecule has 0 saturated carbocycles. The number of piperidine rings is 1. The molecule has 1 aliphatic heterocycles. The molecule has 1 saturated heterocycles. The number of likely N-dealkylation sites (tertiary alicyclic amines) is 1. The Labute approximate surface area is 147 Å². The molecule has 3 N–H and O–H groups in total. The summed E-state index contributed by atoms with van der Waals surface area (Å²) in [6.07, 6.45) is 1.79. The molecule has 1 aromatic carbocycles. The zero-order valence-electron chi connectivity index (χ0n) is 14.0. The van der Waals surface area contributed by atoms with Gasteiger partial charge in [0.2, 0.25) is 0 Å². The van der Waals surface area contributed by atoms with Crippen LogP contribution in [0.15, 0.2) is 29.1 Å². The first-order chi connectivity index (χ1) is 11.0. The van der Waals surface area contributed by atoms with Crippen molar-refractivity contribution in [2.75, 3.05) is 13.1 Å². The van der Waals surface area contributed by atoms with Crippen LogP contribution in [0.4, 0.5) is 0 Å². The van der Waals surface area contributed by atoms with Crippen LogP contribution in [0.5, 0.6) is 0 Å². The number of H-pyrrole nitrogens is 1. The van der Waals surface area contributed by atoms with Crippen molar-refractivity contribution in [3.63, 3.8) is 0 Å². The smallest absolute Gasteiger partial charge is 0.261 e. The van der Waals surface area contributed by atoms with E-state index >= 15 is 0 Å². The molecule has 0 radical (unpaired) electrons. The zero-order valence-corrected chi connectivity index (χ0v) is 14.9. The van der Waals surface area contributed by atoms with Gasteiger partial charge in [-0.25, -0.2) is 0 Å². The Hall–Kier alpha value is -1.85. The Morgan fingerprint density at radius 1 is 1.29 bits per heavy atom. The van der Waals surface area contributed by atoms with Crippen molar-refractivity contribution in [2.45, 2.75) is 32.7 Å². The molecule has 0 bridgehead atoms. The van der Waals surface area contributed by atoms with E-state index in [4.69, 9.17) is 5.73 Å². The SMILES string of the molecule is Cc1c(C(=O)N2CCC(C(C)N)CC2)c(=O)[nH]c2ccccc12.Cl. The average Bonchev–Trinajstić information content (AvgIpc) is 2.54. The molecule has 6 heteroatoms. The summed E-state index contributed by atoms with van der Waals surface area (Å²) in [7, 11) is 0. The number of aromatic nitrogens is 1. The van der Waals surface area contributed by atoms with Crippen LogP contribution >= 0.6 is 12.4 Å². The Morgan fingerprint density at radius 3 is 2.54 bits per heavy atom. The minimum atomic E-state index is -0.305. The largest absolute Gasteiger partial charge is 0.338 e. The first kappa shape index (κ1) is 18.5. The number of rotatable bonds is 2. The lowest BCUT2D eigenvalue weighted by Crippen LogP contribution is -2.44. The van der Waals surface area contributed by atoms with Gasteiger partial charge in [-0.2, -0.15) is 0 Å². The summed E-state index contributed by atoms with van der Waals surface area (Å²) in [5.74, 6) is 0.285. The van der Waals surface area contributed by atoms with Gasteiger partial charge in [0.1, 0.15) is 5.56 Å². The van der Waals surface area contributed by atoms with E-state index in [1.165, 1.54) is 0 Å². The predicted octanol–water partition coefficient (Wildman–Crippen LogP) is 2.46. The minimum Gasteiger partial charge on any atom is -0.338 e. The second kappa shape index (κ2) is 7.36. The van der Waals surface area contributed by atoms with Crippen molar-refractivity contribution in [2.24, 2.45) is 11.7 Å². The van der Waals surface area contributed by atoms with Gasteiger partial charge in [0.15, 0.2) is 0 Å². The molecule has 24 heavy (non-hydrogen) atoms. The molecular weight excluding hydrogens is 326 g/mol. The van der Waals surface area contributed by atoms with Gasteiger partial charge < -0.3 is 15.6 Å². The standard InChI is InChI=1S/C18H23N3O2.ClH/c1-11-14-5-3-4-6-15(14)20-17(22)16(11)18(23)21-9-7-13(8-10-21)12(2)19;/h3-6,12-13H,7-10,19H2,1-2H3,(H,20,22);1H. The molecule has 1 atom stereocenters. The number of benzene rings is 1. The molecule has 0 spiro atoms. The number of carbonyl (C=O) groups is 1. The summed E-state index contributed by atoms with van der Waals surface area (Å²) in [4.78, 5) is 29.8. The molecule has 130 valence electrons. The second-order valence-electron chi connectivity index (χ2n) is 6.49. The van der Waals surface area contributed by atoms with E-state index < -0.39 is 0 Å². The van der Waals surface area contributed by atoms with Gasteiger partial charge >= 0.3 is 0 Å². The third-order valence-corrected chi connectivity index (χ3v) is 4.97. The molecule has 1 aliphatic rings. The van der Waals surface area contributed by atoms with Gasteiger partial charge in [-0.1, -0.05) is 18.2 Å². The van der Waals surface area contributed by atoms with E-state index in [1.54, 1.807) is 4.90 Å². The van der Waals surface area contributed by atoms with Crippen LogP contribution in [-0.2, 0) is 0 Å². The number of para-hydroxylation sites is 1. The molecule has 1 fully saturated rings. The monoisotopic (exact) mass is 349 g/mol. The zero-order chi connectivity index (χ0) is 16.6. The lowest BCUT2D eigenvalue weighted by atomic mass is 9.90. The maximum Gasteiger partial charge on any atom is 0.261 e. The number of fused-ring (bicyclic) bond motifs is 1. The van der Waals surface area contributed by atoms with Crippen LogP contribution in [0.2, 0.25) is 0 Å². The molecule has 5 nitrogen and oxygen atoms in total. The third-order valence-electron chi connectivity index (χ3n) is 4.97. The van der Waals surface area contributed by atoms with Gasteiger partial charge in [-0.15, -0.1) is 12.4 Å². The number of carbonyl (C=O) groups excluding carboxylic acids is 1. The fraction of sp³-hybridized carbons (Fsp3) is 0.444. The molecule has 2 aromatic rings. The lowest BCUT2D eigenvalue weighted by molar-refractivity contribution is 0.0678. The number of nitrogens with two attached hydrogens (primary N) is 1. The maximum absolute atomic E-state index is 12.8. The average molecular weight is 350 g/mol. The highest BCUT2D eigenvalue weighted by molar-refractivity contribution is 5.99. The Balaban J connectivity index is 0.00000208. The van der Waals surface area contributed by atoms with Crippen LogP contribution in [0.1, 0.15) is 35.7 Å². The van der Waals surface area contributed by atoms with Crippen LogP contribution in [0.25, 0.3) is 10.9 Å². The molecule has 3 rings (SSSR count). The molecule has 2 heterocycles. The van der Waals surface area contributed by atoms with Gasteiger partial charge in [-0.05, 0) is 44.2 Å². The van der Waals surface area contributed by atoms with E-state index in [9.17, 15) is 9.59 Å². The summed E-state index contributed by atoms with van der Waals surface area (Å²) < 4.78 is 0. The van der Waals surface area contributed by atoms with Crippen LogP contribution in [0, 0.1) is 12.8 Å². The quantitative estimate of drug-likeness (QED) is 0.874. The Morgan fingerprint density at radius 2 is 1.92 bits per heavy atom. The fourth-order valence-corrected chi connectivity index (χ4v) is 3.45. The highest BCUT2D eigenvalue weighted by Gasteiger charge is 2.28. The number of nitrogens with zero attached hydrogens (tertiary/aromatic N) is 1. The highest BCUT2D eigenvalue weighted by atomic mass is 35.5. The first-order valence-electron chi connectivity index (χ1n) is 8.15. The van der Waals surface area contributed by atoms with Crippen molar-refractivity contribution in [3.05, 3.63) is 45.7 Å². The Kier molecular flexibility index (Phi) is 5.67. The van der Waals surface area contributed by atoms with Crippen LogP contribution in [0.3, 0.4) is 0 Å². The fourth-order valence-electron chi connectivity index (χ4n) is 3.45. The summed E-state index contributed by atoms with van der Waals surface area (Å²) in [6, 6.07) is 7.72. The van der Waals surface area contributed by atoms with Gasteiger partial charge in [0.05, 0.1) is 0 Å². The third kappa shape index (κ3) is 3.32. The van der Waals surface area contributed by atoms with Gasteiger partial charge in [0, 0.05) is 30.0 Å². The van der Waals surface area contributed by atoms with Crippen molar-refractivity contribution < 1.29 is 4.79 Å². The first-order valence-corrected chi connectivity index (χ1v) is 8.15. The van der Waals surface area contributed by atoms with Crippen molar-refractivity contribution in [1.29, 1.82) is 0 Å². The molecule has 0 aliphatic carbocycles. The van der Waals surface area contributed by atoms with E-state index in [0.717, 1.165) is 29.3 Å². The number of amides is 1. The maximum atomic E-state index is 12.8. The van der Waals surface area contributed by atoms with Gasteiger partial charge in [0.25, 0.3) is 11.5 Å². The summed E-state index contributed by atoms with van der Waals surface area (Å²) in [6.45, 7) is 5.19. The number of hydrogen-bond acceptors (Lipinski definition) is 3. The molecule has 1 unspecified atom stereocenters. The Bertz CT molecular complexity index is 792. The number of aryl methyl sites for hydroxylation is 1. The van der Waals surface area contributed by atoms with Crippen LogP contribution in [-0.4, -0.2) is 34.9 Å². The number of hydrogen-bond donors (Lipinski definition) is 2. The topological polar surface area (TPSA) is 79.2 Å². The number of aromatic amines is 1. The van der Waals surface area contributed by atoms with Crippen molar-refractivity contribution >= 4 is 29.2 Å². The number of pyridine rings is 1. The lowest BCUT2D eigenvalue weighted by Gasteiger charge is -2.33. The van der Waals surface area contributed by atoms with Crippen molar-refractivity contribution in [3.8, 4) is 0 Å². The second-order valence-corrected chi connectivity index (χ2v) is 6.49. The number of nitrogens with one attached hydrogen (secondary N) is 1. The van der Waals surface area contributed by atoms with E-state index in [0.29, 0.717) is 19.0 Å². The minimum absolute atomic E-state index is 0. The van der Waals surface area contributed by atoms with E-state index in [-0.39, 0.29) is 35.5 Å². The summed E-state index contributed by atoms with van der Waals surface area (Å²) in [5, 5.41) is 0.918. The number of halogens is 1. The summed E-state index contributed by atoms with van der Waals surface area (Å²) >= 11 is 0. The van der Waals surface area contributed by atoms with E-state index in [1.807, 2.05) is 38.1 Å². The molecular formula is C18H24ClN3O2. The van der Waals surface area contributed by atoms with Crippen molar-refractivity contribution in [1.82, 2.24) is 9.88 Å². The highest BCUT2D eigenvalue weighted by Crippen LogP contribution is 2.23. The molecule has 1 aromatic heterocycles. The van der Waals surface area contributed by atoms with Gasteiger partial charge in [-0.3, -0.25) is 9.59 Å². The predicted molar refractivity (Wildman–Crippen MR) is 98.8 cm³/mol. The van der Waals surface area contributed by atoms with Crippen LogP contribution < -0.4 is 11.3 Å². The molecule has 1 amide bonds. The van der Waals surface area contributed by atoms with E-state index in [2.05, 4.69) is 4.98 Å². The summed E-state index contributed by atoms with van der Waals surface area (Å²) in [5.41, 5.74) is 7.43.